The summed E-state index contributed by atoms with van der Waals surface area (Å²) >= 11 is 0. The average molecular weight is 337 g/mol. The predicted molar refractivity (Wildman–Crippen MR) is 98.0 cm³/mol. The zero-order valence-corrected chi connectivity index (χ0v) is 14.1. The monoisotopic (exact) mass is 337 g/mol. The summed E-state index contributed by atoms with van der Waals surface area (Å²) in [5.74, 6) is -0.213. The number of hydrogen-bond donors (Lipinski definition) is 2. The van der Waals surface area contributed by atoms with Crippen LogP contribution >= 0.6 is 0 Å². The Balaban J connectivity index is 1.78. The maximum atomic E-state index is 12.4. The maximum absolute atomic E-state index is 12.4. The van der Waals surface area contributed by atoms with Crippen LogP contribution < -0.4 is 16.4 Å². The molecule has 3 rings (SSSR count). The molecule has 1 heterocycles. The van der Waals surface area contributed by atoms with Crippen LogP contribution in [0.3, 0.4) is 0 Å². The minimum atomic E-state index is -0.342. The lowest BCUT2D eigenvalue weighted by Crippen LogP contribution is -2.31. The standard InChI is InChI=1S/C19H19N3O3/c1-12-7-8-13(2)16(11-12)20-17(23)9-10-22-19(25)15-6-4-3-5-14(15)18(24)21-22/h3-8,11H,9-10H2,1-2H3,(H,20,23)(H,21,24). The molecule has 25 heavy (non-hydrogen) atoms. The van der Waals surface area contributed by atoms with Crippen LogP contribution in [0.25, 0.3) is 10.8 Å². The van der Waals surface area contributed by atoms with Crippen LogP contribution in [0.1, 0.15) is 17.5 Å². The van der Waals surface area contributed by atoms with Crippen molar-refractivity contribution in [2.75, 3.05) is 5.32 Å². The Hall–Kier alpha value is -3.15. The highest BCUT2D eigenvalue weighted by molar-refractivity contribution is 5.91. The first-order valence-corrected chi connectivity index (χ1v) is 8.04. The smallest absolute Gasteiger partial charge is 0.273 e. The fraction of sp³-hybridized carbons (Fsp3) is 0.211. The van der Waals surface area contributed by atoms with E-state index in [2.05, 4.69) is 10.4 Å². The molecule has 6 nitrogen and oxygen atoms in total. The van der Waals surface area contributed by atoms with Crippen LogP contribution in [0, 0.1) is 13.8 Å². The summed E-state index contributed by atoms with van der Waals surface area (Å²) in [5.41, 5.74) is 2.12. The molecule has 2 aromatic carbocycles. The number of aromatic nitrogens is 2. The molecule has 0 fully saturated rings. The Morgan fingerprint density at radius 3 is 2.56 bits per heavy atom. The van der Waals surface area contributed by atoms with Crippen molar-refractivity contribution in [3.05, 3.63) is 74.3 Å². The van der Waals surface area contributed by atoms with E-state index in [4.69, 9.17) is 0 Å². The van der Waals surface area contributed by atoms with Crippen LogP contribution in [-0.2, 0) is 11.3 Å². The number of anilines is 1. The third-order valence-electron chi connectivity index (χ3n) is 4.11. The summed E-state index contributed by atoms with van der Waals surface area (Å²) in [4.78, 5) is 36.7. The molecule has 0 bridgehead atoms. The van der Waals surface area contributed by atoms with Gasteiger partial charge in [-0.25, -0.2) is 4.68 Å². The highest BCUT2D eigenvalue weighted by Gasteiger charge is 2.09. The van der Waals surface area contributed by atoms with Gasteiger partial charge < -0.3 is 5.32 Å². The van der Waals surface area contributed by atoms with Gasteiger partial charge in [-0.05, 0) is 43.2 Å². The summed E-state index contributed by atoms with van der Waals surface area (Å²) in [5, 5.41) is 6.07. The summed E-state index contributed by atoms with van der Waals surface area (Å²) < 4.78 is 1.19. The van der Waals surface area contributed by atoms with E-state index >= 15 is 0 Å². The third-order valence-corrected chi connectivity index (χ3v) is 4.11. The largest absolute Gasteiger partial charge is 0.326 e. The van der Waals surface area contributed by atoms with Crippen molar-refractivity contribution in [1.29, 1.82) is 0 Å². The Morgan fingerprint density at radius 1 is 1.08 bits per heavy atom. The molecule has 6 heteroatoms. The fourth-order valence-electron chi connectivity index (χ4n) is 2.70. The average Bonchev–Trinajstić information content (AvgIpc) is 2.60. The SMILES string of the molecule is Cc1ccc(C)c(NC(=O)CCn2[nH]c(=O)c3ccccc3c2=O)c1. The number of carbonyl (C=O) groups excluding carboxylic acids is 1. The molecule has 1 amide bonds. The van der Waals surface area contributed by atoms with E-state index in [0.29, 0.717) is 10.8 Å². The van der Waals surface area contributed by atoms with Gasteiger partial charge in [0.05, 0.1) is 17.3 Å². The highest BCUT2D eigenvalue weighted by atomic mass is 16.2. The van der Waals surface area contributed by atoms with Crippen LogP contribution in [0.15, 0.2) is 52.1 Å². The molecule has 128 valence electrons. The number of nitrogens with zero attached hydrogens (tertiary/aromatic N) is 1. The number of H-pyrrole nitrogens is 1. The minimum absolute atomic E-state index is 0.0849. The summed E-state index contributed by atoms with van der Waals surface area (Å²) in [6.45, 7) is 3.98. The lowest BCUT2D eigenvalue weighted by atomic mass is 10.1. The lowest BCUT2D eigenvalue weighted by Gasteiger charge is -2.10. The number of rotatable bonds is 4. The van der Waals surface area contributed by atoms with Crippen molar-refractivity contribution in [3.8, 4) is 0 Å². The van der Waals surface area contributed by atoms with Crippen LogP contribution in [0.5, 0.6) is 0 Å². The molecule has 0 saturated carbocycles. The Kier molecular flexibility index (Phi) is 4.52. The molecule has 2 N–H and O–H groups in total. The van der Waals surface area contributed by atoms with E-state index in [1.807, 2.05) is 32.0 Å². The number of aryl methyl sites for hydroxylation is 3. The number of nitrogens with one attached hydrogen (secondary N) is 2. The van der Waals surface area contributed by atoms with Crippen LogP contribution in [0.2, 0.25) is 0 Å². The van der Waals surface area contributed by atoms with Gasteiger partial charge in [0.25, 0.3) is 11.1 Å². The second-order valence-corrected chi connectivity index (χ2v) is 6.06. The first-order chi connectivity index (χ1) is 12.0. The summed E-state index contributed by atoms with van der Waals surface area (Å²) in [7, 11) is 0. The predicted octanol–water partition coefficient (Wildman–Crippen LogP) is 2.34. The van der Waals surface area contributed by atoms with Gasteiger partial charge in [0.2, 0.25) is 5.91 Å². The third kappa shape index (κ3) is 3.52. The van der Waals surface area contributed by atoms with Crippen LogP contribution in [0.4, 0.5) is 5.69 Å². The number of carbonyl (C=O) groups is 1. The van der Waals surface area contributed by atoms with Gasteiger partial charge in [-0.15, -0.1) is 0 Å². The van der Waals surface area contributed by atoms with Crippen molar-refractivity contribution >= 4 is 22.4 Å². The van der Waals surface area contributed by atoms with Crippen molar-refractivity contribution in [1.82, 2.24) is 9.78 Å². The van der Waals surface area contributed by atoms with E-state index in [-0.39, 0.29) is 30.0 Å². The van der Waals surface area contributed by atoms with E-state index in [1.54, 1.807) is 24.3 Å². The number of amides is 1. The molecule has 0 radical (unpaired) electrons. The molecular formula is C19H19N3O3. The van der Waals surface area contributed by atoms with E-state index in [1.165, 1.54) is 4.68 Å². The highest BCUT2D eigenvalue weighted by Crippen LogP contribution is 2.16. The molecule has 0 aliphatic carbocycles. The first-order valence-electron chi connectivity index (χ1n) is 8.04. The van der Waals surface area contributed by atoms with E-state index < -0.39 is 0 Å². The van der Waals surface area contributed by atoms with Crippen molar-refractivity contribution in [3.63, 3.8) is 0 Å². The molecule has 0 saturated heterocycles. The molecule has 0 aliphatic rings. The van der Waals surface area contributed by atoms with Gasteiger partial charge in [0, 0.05) is 12.1 Å². The number of hydrogen-bond acceptors (Lipinski definition) is 3. The fourth-order valence-corrected chi connectivity index (χ4v) is 2.70. The van der Waals surface area contributed by atoms with Gasteiger partial charge in [0.1, 0.15) is 0 Å². The number of benzene rings is 2. The van der Waals surface area contributed by atoms with Gasteiger partial charge in [-0.1, -0.05) is 24.3 Å². The zero-order valence-electron chi connectivity index (χ0n) is 14.1. The first kappa shape index (κ1) is 16.7. The second kappa shape index (κ2) is 6.76. The van der Waals surface area contributed by atoms with Crippen molar-refractivity contribution < 1.29 is 4.79 Å². The Morgan fingerprint density at radius 2 is 1.80 bits per heavy atom. The number of aromatic amines is 1. The zero-order chi connectivity index (χ0) is 18.0. The van der Waals surface area contributed by atoms with Gasteiger partial charge in [-0.2, -0.15) is 0 Å². The molecule has 3 aromatic rings. The van der Waals surface area contributed by atoms with Crippen LogP contribution in [-0.4, -0.2) is 15.7 Å². The molecule has 0 unspecified atom stereocenters. The normalized spacial score (nSPS) is 10.8. The van der Waals surface area contributed by atoms with E-state index in [0.717, 1.165) is 16.8 Å². The molecular weight excluding hydrogens is 318 g/mol. The Bertz CT molecular complexity index is 1060. The quantitative estimate of drug-likeness (QED) is 0.766. The van der Waals surface area contributed by atoms with Crippen molar-refractivity contribution in [2.45, 2.75) is 26.8 Å². The summed E-state index contributed by atoms with van der Waals surface area (Å²) in [6.07, 6.45) is 0.0849. The van der Waals surface area contributed by atoms with Gasteiger partial charge >= 0.3 is 0 Å². The topological polar surface area (TPSA) is 84.0 Å². The second-order valence-electron chi connectivity index (χ2n) is 6.06. The van der Waals surface area contributed by atoms with Crippen molar-refractivity contribution in [2.24, 2.45) is 0 Å². The van der Waals surface area contributed by atoms with Gasteiger partial charge in [0.15, 0.2) is 0 Å². The Labute approximate surface area is 144 Å². The minimum Gasteiger partial charge on any atom is -0.326 e. The summed E-state index contributed by atoms with van der Waals surface area (Å²) in [6, 6.07) is 12.4. The molecule has 0 aliphatic heterocycles. The van der Waals surface area contributed by atoms with Gasteiger partial charge in [-0.3, -0.25) is 19.5 Å². The number of fused-ring (bicyclic) bond motifs is 1. The molecule has 1 aromatic heterocycles. The lowest BCUT2D eigenvalue weighted by molar-refractivity contribution is -0.116. The maximum Gasteiger partial charge on any atom is 0.273 e. The molecule has 0 spiro atoms. The van der Waals surface area contributed by atoms with E-state index in [9.17, 15) is 14.4 Å². The molecule has 0 atom stereocenters.